The summed E-state index contributed by atoms with van der Waals surface area (Å²) in [5, 5.41) is 20.3. The second kappa shape index (κ2) is 21.5. The second-order valence-electron chi connectivity index (χ2n) is 8.81. The van der Waals surface area contributed by atoms with Crippen molar-refractivity contribution in [3.63, 3.8) is 0 Å². The fraction of sp³-hybridized carbons (Fsp3) is 0.438. The summed E-state index contributed by atoms with van der Waals surface area (Å²) in [5.74, 6) is -0.243. The molecule has 0 heterocycles. The summed E-state index contributed by atoms with van der Waals surface area (Å²) < 4.78 is 17.4. The van der Waals surface area contributed by atoms with Crippen LogP contribution in [0.2, 0.25) is 0 Å². The van der Waals surface area contributed by atoms with Crippen molar-refractivity contribution in [2.75, 3.05) is 31.8 Å². The third-order valence-electron chi connectivity index (χ3n) is 5.49. The highest BCUT2D eigenvalue weighted by Crippen LogP contribution is 2.37. The molecular formula is C32H45N4O4P. The molecular weight excluding hydrogens is 535 g/mol. The van der Waals surface area contributed by atoms with E-state index in [9.17, 15) is 4.79 Å². The largest absolute Gasteiger partial charge is 0.376 e. The van der Waals surface area contributed by atoms with Gasteiger partial charge in [0.05, 0.1) is 55.7 Å². The monoisotopic (exact) mass is 580 g/mol. The van der Waals surface area contributed by atoms with Crippen LogP contribution in [0.4, 0.5) is 11.4 Å². The van der Waals surface area contributed by atoms with E-state index in [0.29, 0.717) is 24.6 Å². The minimum absolute atomic E-state index is 0.0995. The molecule has 0 saturated carbocycles. The Labute approximate surface area is 247 Å². The number of hydrogen-bond donors (Lipinski definition) is 1. The van der Waals surface area contributed by atoms with E-state index in [1.807, 2.05) is 88.4 Å². The van der Waals surface area contributed by atoms with Gasteiger partial charge in [-0.05, 0) is 49.6 Å². The summed E-state index contributed by atoms with van der Waals surface area (Å²) in [6, 6.07) is 19.1. The average Bonchev–Trinajstić information content (AvgIpc) is 3.02. The summed E-state index contributed by atoms with van der Waals surface area (Å²) >= 11 is 0. The van der Waals surface area contributed by atoms with Crippen molar-refractivity contribution in [3.8, 4) is 6.07 Å². The van der Waals surface area contributed by atoms with E-state index in [0.717, 1.165) is 24.1 Å². The second-order valence-corrected chi connectivity index (χ2v) is 10.2. The number of hydrogen-bond acceptors (Lipinski definition) is 7. The fourth-order valence-electron chi connectivity index (χ4n) is 3.35. The number of nitrogens with one attached hydrogen (secondary N) is 1. The number of nitriles is 1. The Balaban J connectivity index is 0.00000201. The smallest absolute Gasteiger partial charge is 0.235 e. The highest BCUT2D eigenvalue weighted by Gasteiger charge is 2.35. The van der Waals surface area contributed by atoms with Crippen LogP contribution in [0, 0.1) is 16.7 Å². The number of rotatable bonds is 14. The molecule has 1 N–H and O–H groups in total. The van der Waals surface area contributed by atoms with Crippen molar-refractivity contribution in [1.29, 1.82) is 5.26 Å². The molecule has 3 rings (SSSR count). The average molecular weight is 581 g/mol. The molecule has 1 aliphatic rings. The van der Waals surface area contributed by atoms with E-state index in [2.05, 4.69) is 21.6 Å². The van der Waals surface area contributed by atoms with Gasteiger partial charge in [0.15, 0.2) is 8.38 Å². The molecule has 0 saturated heterocycles. The lowest BCUT2D eigenvalue weighted by Gasteiger charge is -2.29. The number of carbonyl (C=O) groups is 1. The van der Waals surface area contributed by atoms with Crippen molar-refractivity contribution >= 4 is 25.7 Å². The molecule has 2 unspecified atom stereocenters. The quantitative estimate of drug-likeness (QED) is 0.136. The van der Waals surface area contributed by atoms with Gasteiger partial charge in [0, 0.05) is 12.4 Å². The van der Waals surface area contributed by atoms with Gasteiger partial charge in [-0.2, -0.15) is 15.5 Å². The van der Waals surface area contributed by atoms with Crippen LogP contribution in [-0.2, 0) is 25.2 Å². The van der Waals surface area contributed by atoms with Crippen LogP contribution in [0.5, 0.6) is 0 Å². The molecule has 222 valence electrons. The number of benzene rings is 2. The Kier molecular flexibility index (Phi) is 18.8. The van der Waals surface area contributed by atoms with Crippen molar-refractivity contribution in [1.82, 2.24) is 0 Å². The Hall–Kier alpha value is -3.21. The van der Waals surface area contributed by atoms with Crippen LogP contribution in [0.1, 0.15) is 59.4 Å². The highest BCUT2D eigenvalue weighted by atomic mass is 31.2. The van der Waals surface area contributed by atoms with Gasteiger partial charge < -0.3 is 19.1 Å². The van der Waals surface area contributed by atoms with Gasteiger partial charge in [0.25, 0.3) is 0 Å². The van der Waals surface area contributed by atoms with E-state index in [4.69, 9.17) is 19.0 Å². The zero-order valence-electron chi connectivity index (χ0n) is 25.3. The predicted octanol–water partition coefficient (Wildman–Crippen LogP) is 9.11. The highest BCUT2D eigenvalue weighted by molar-refractivity contribution is 7.46. The third kappa shape index (κ3) is 14.3. The van der Waals surface area contributed by atoms with E-state index in [1.165, 1.54) is 0 Å². The van der Waals surface area contributed by atoms with Gasteiger partial charge in [-0.25, -0.2) is 0 Å². The van der Waals surface area contributed by atoms with Crippen LogP contribution >= 0.6 is 8.38 Å². The first-order chi connectivity index (χ1) is 20.0. The lowest BCUT2D eigenvalue weighted by Crippen LogP contribution is -2.41. The maximum absolute atomic E-state index is 13.4. The predicted molar refractivity (Wildman–Crippen MR) is 168 cm³/mol. The molecule has 0 fully saturated rings. The van der Waals surface area contributed by atoms with Crippen molar-refractivity contribution in [2.24, 2.45) is 15.6 Å². The van der Waals surface area contributed by atoms with Gasteiger partial charge in [0.2, 0.25) is 5.91 Å². The zero-order valence-corrected chi connectivity index (χ0v) is 26.2. The number of carbonyl (C=O) groups excluding carboxylic acids is 1. The van der Waals surface area contributed by atoms with Crippen LogP contribution < -0.4 is 5.32 Å². The summed E-state index contributed by atoms with van der Waals surface area (Å²) in [6.07, 6.45) is 8.33. The molecule has 0 spiro atoms. The molecule has 9 heteroatoms. The fourth-order valence-corrected chi connectivity index (χ4v) is 4.24. The van der Waals surface area contributed by atoms with Crippen molar-refractivity contribution < 1.29 is 18.6 Å². The SMILES string of the molecule is CC.CC.CP(OCCC#N)OCC(C)(COCc1ccccc1)C(=O)Nc1cccc(N=NC2=CCCC=C2)c1. The molecule has 0 aliphatic heterocycles. The van der Waals surface area contributed by atoms with E-state index in [1.54, 1.807) is 25.7 Å². The van der Waals surface area contributed by atoms with Crippen LogP contribution in [-0.4, -0.2) is 32.4 Å². The standard InChI is InChI=1S/C28H33N4O4P.2C2H6/c1-28(22-36-37(2)35-18-10-17-29,21-34-20-23-11-5-3-6-12-23)27(33)30-25-15-9-16-26(19-25)32-31-24-13-7-4-8-14-24;2*1-2/h3,5-7,9,11-16,19H,4,8,10,18,20-22H2,1-2H3,(H,30,33);2*1-2H3. The number of azo groups is 1. The zero-order chi connectivity index (χ0) is 30.3. The topological polar surface area (TPSA) is 105 Å². The number of ether oxygens (including phenoxy) is 1. The molecule has 41 heavy (non-hydrogen) atoms. The molecule has 2 atom stereocenters. The van der Waals surface area contributed by atoms with E-state index < -0.39 is 13.8 Å². The number of amides is 1. The summed E-state index contributed by atoms with van der Waals surface area (Å²) in [4.78, 5) is 13.4. The summed E-state index contributed by atoms with van der Waals surface area (Å²) in [7, 11) is -1.24. The van der Waals surface area contributed by atoms with Gasteiger partial charge in [-0.1, -0.05) is 76.2 Å². The Bertz CT molecular complexity index is 1150. The van der Waals surface area contributed by atoms with Gasteiger partial charge in [-0.15, -0.1) is 0 Å². The van der Waals surface area contributed by atoms with Crippen LogP contribution in [0.3, 0.4) is 0 Å². The first kappa shape index (κ1) is 35.8. The van der Waals surface area contributed by atoms with Crippen LogP contribution in [0.15, 0.2) is 88.8 Å². The minimum atomic E-state index is -1.24. The van der Waals surface area contributed by atoms with Crippen LogP contribution in [0.25, 0.3) is 0 Å². The van der Waals surface area contributed by atoms with Crippen molar-refractivity contribution in [3.05, 3.63) is 84.1 Å². The van der Waals surface area contributed by atoms with Crippen molar-refractivity contribution in [2.45, 2.75) is 60.5 Å². The normalized spacial score (nSPS) is 14.3. The first-order valence-electron chi connectivity index (χ1n) is 14.2. The molecule has 1 aliphatic carbocycles. The first-order valence-corrected chi connectivity index (χ1v) is 15.8. The molecule has 0 radical (unpaired) electrons. The van der Waals surface area contributed by atoms with Gasteiger partial charge >= 0.3 is 0 Å². The Morgan fingerprint density at radius 3 is 2.46 bits per heavy atom. The maximum Gasteiger partial charge on any atom is 0.235 e. The van der Waals surface area contributed by atoms with E-state index >= 15 is 0 Å². The Morgan fingerprint density at radius 1 is 1.02 bits per heavy atom. The molecule has 1 amide bonds. The minimum Gasteiger partial charge on any atom is -0.376 e. The molecule has 2 aromatic carbocycles. The lowest BCUT2D eigenvalue weighted by molar-refractivity contribution is -0.130. The number of nitrogens with zero attached hydrogens (tertiary/aromatic N) is 3. The maximum atomic E-state index is 13.4. The molecule has 8 nitrogen and oxygen atoms in total. The number of anilines is 1. The molecule has 0 aromatic heterocycles. The molecule has 2 aromatic rings. The van der Waals surface area contributed by atoms with Gasteiger partial charge in [-0.3, -0.25) is 4.79 Å². The Morgan fingerprint density at radius 2 is 1.78 bits per heavy atom. The number of allylic oxidation sites excluding steroid dienone is 3. The molecule has 0 bridgehead atoms. The third-order valence-corrected chi connectivity index (χ3v) is 6.53. The summed E-state index contributed by atoms with van der Waals surface area (Å²) in [5.41, 5.74) is 2.10. The summed E-state index contributed by atoms with van der Waals surface area (Å²) in [6.45, 7) is 12.5. The van der Waals surface area contributed by atoms with E-state index in [-0.39, 0.29) is 25.5 Å². The lowest BCUT2D eigenvalue weighted by atomic mass is 9.91. The van der Waals surface area contributed by atoms with Gasteiger partial charge in [0.1, 0.15) is 0 Å².